The van der Waals surface area contributed by atoms with Crippen LogP contribution in [-0.4, -0.2) is 17.1 Å². The van der Waals surface area contributed by atoms with Crippen molar-refractivity contribution in [2.75, 3.05) is 7.11 Å². The number of halogens is 1. The SMILES string of the molecule is COc1cc(-c2cc(=S)nc(C(C)(C)C)[nH]2)ccc1Cl. The first-order chi connectivity index (χ1) is 9.31. The molecule has 2 aromatic rings. The van der Waals surface area contributed by atoms with Crippen molar-refractivity contribution in [3.8, 4) is 17.0 Å². The summed E-state index contributed by atoms with van der Waals surface area (Å²) in [6.45, 7) is 6.27. The summed E-state index contributed by atoms with van der Waals surface area (Å²) in [6, 6.07) is 7.46. The maximum absolute atomic E-state index is 6.05. The van der Waals surface area contributed by atoms with Crippen molar-refractivity contribution in [2.24, 2.45) is 0 Å². The fraction of sp³-hybridized carbons (Fsp3) is 0.333. The fourth-order valence-electron chi connectivity index (χ4n) is 1.80. The molecule has 0 amide bonds. The van der Waals surface area contributed by atoms with Crippen molar-refractivity contribution in [1.29, 1.82) is 0 Å². The monoisotopic (exact) mass is 308 g/mol. The van der Waals surface area contributed by atoms with Gasteiger partial charge in [0, 0.05) is 16.7 Å². The number of aromatic nitrogens is 2. The van der Waals surface area contributed by atoms with E-state index in [9.17, 15) is 0 Å². The Kier molecular flexibility index (Phi) is 4.16. The molecule has 0 aliphatic carbocycles. The highest BCUT2D eigenvalue weighted by Gasteiger charge is 2.17. The standard InChI is InChI=1S/C15H17ClN2OS/c1-15(2,3)14-17-11(8-13(20)18-14)9-5-6-10(16)12(7-9)19-4/h5-8H,1-4H3,(H,17,18,20). The summed E-state index contributed by atoms with van der Waals surface area (Å²) in [7, 11) is 1.60. The third-order valence-electron chi connectivity index (χ3n) is 2.92. The zero-order valence-corrected chi connectivity index (χ0v) is 13.5. The smallest absolute Gasteiger partial charge is 0.138 e. The summed E-state index contributed by atoms with van der Waals surface area (Å²) >= 11 is 11.3. The minimum Gasteiger partial charge on any atom is -0.495 e. The Morgan fingerprint density at radius 1 is 1.25 bits per heavy atom. The van der Waals surface area contributed by atoms with Gasteiger partial charge in [-0.15, -0.1) is 0 Å². The van der Waals surface area contributed by atoms with Gasteiger partial charge in [0.2, 0.25) is 0 Å². The number of H-pyrrole nitrogens is 1. The van der Waals surface area contributed by atoms with Gasteiger partial charge in [-0.1, -0.05) is 50.7 Å². The second kappa shape index (κ2) is 5.54. The van der Waals surface area contributed by atoms with Gasteiger partial charge in [0.05, 0.1) is 12.1 Å². The van der Waals surface area contributed by atoms with Crippen molar-refractivity contribution in [3.63, 3.8) is 0 Å². The predicted octanol–water partition coefficient (Wildman–Crippen LogP) is 4.77. The van der Waals surface area contributed by atoms with E-state index in [1.807, 2.05) is 24.3 Å². The fourth-order valence-corrected chi connectivity index (χ4v) is 2.20. The first-order valence-electron chi connectivity index (χ1n) is 6.27. The summed E-state index contributed by atoms with van der Waals surface area (Å²) in [4.78, 5) is 7.73. The highest BCUT2D eigenvalue weighted by atomic mass is 35.5. The van der Waals surface area contributed by atoms with E-state index in [1.165, 1.54) is 0 Å². The summed E-state index contributed by atoms with van der Waals surface area (Å²) in [6.07, 6.45) is 0. The molecule has 0 atom stereocenters. The molecule has 3 nitrogen and oxygen atoms in total. The van der Waals surface area contributed by atoms with Gasteiger partial charge < -0.3 is 9.72 Å². The van der Waals surface area contributed by atoms with Crippen LogP contribution in [-0.2, 0) is 5.41 Å². The second-order valence-corrected chi connectivity index (χ2v) is 6.41. The molecule has 1 heterocycles. The predicted molar refractivity (Wildman–Crippen MR) is 85.1 cm³/mol. The van der Waals surface area contributed by atoms with Crippen LogP contribution >= 0.6 is 23.8 Å². The molecule has 1 N–H and O–H groups in total. The van der Waals surface area contributed by atoms with Crippen LogP contribution in [0.4, 0.5) is 0 Å². The molecular weight excluding hydrogens is 292 g/mol. The first kappa shape index (κ1) is 15.0. The van der Waals surface area contributed by atoms with Gasteiger partial charge in [0.25, 0.3) is 0 Å². The van der Waals surface area contributed by atoms with Crippen LogP contribution in [0.1, 0.15) is 26.6 Å². The molecule has 0 saturated heterocycles. The summed E-state index contributed by atoms with van der Waals surface area (Å²) in [5, 5.41) is 0.583. The van der Waals surface area contributed by atoms with Crippen LogP contribution in [0.15, 0.2) is 24.3 Å². The zero-order valence-electron chi connectivity index (χ0n) is 12.0. The van der Waals surface area contributed by atoms with Gasteiger partial charge in [0.1, 0.15) is 16.2 Å². The average Bonchev–Trinajstić information content (AvgIpc) is 2.37. The van der Waals surface area contributed by atoms with Gasteiger partial charge in [-0.25, -0.2) is 4.98 Å². The Labute approximate surface area is 129 Å². The lowest BCUT2D eigenvalue weighted by molar-refractivity contribution is 0.415. The molecule has 2 rings (SSSR count). The lowest BCUT2D eigenvalue weighted by Crippen LogP contribution is -2.16. The van der Waals surface area contributed by atoms with Crippen molar-refractivity contribution in [2.45, 2.75) is 26.2 Å². The molecule has 0 unspecified atom stereocenters. The van der Waals surface area contributed by atoms with Gasteiger partial charge >= 0.3 is 0 Å². The highest BCUT2D eigenvalue weighted by Crippen LogP contribution is 2.30. The van der Waals surface area contributed by atoms with Crippen LogP contribution in [0.3, 0.4) is 0 Å². The van der Waals surface area contributed by atoms with E-state index in [0.29, 0.717) is 15.4 Å². The molecule has 1 aromatic carbocycles. The van der Waals surface area contributed by atoms with E-state index < -0.39 is 0 Å². The van der Waals surface area contributed by atoms with Crippen molar-refractivity contribution >= 4 is 23.8 Å². The lowest BCUT2D eigenvalue weighted by atomic mass is 9.95. The molecule has 20 heavy (non-hydrogen) atoms. The van der Waals surface area contributed by atoms with Gasteiger partial charge in [-0.05, 0) is 18.2 Å². The third kappa shape index (κ3) is 3.19. The molecule has 0 saturated carbocycles. The molecule has 0 aliphatic rings. The number of rotatable bonds is 2. The summed E-state index contributed by atoms with van der Waals surface area (Å²) < 4.78 is 5.81. The number of hydrogen-bond donors (Lipinski definition) is 1. The Morgan fingerprint density at radius 2 is 1.95 bits per heavy atom. The normalized spacial score (nSPS) is 11.4. The molecule has 0 fully saturated rings. The zero-order chi connectivity index (χ0) is 14.9. The van der Waals surface area contributed by atoms with Crippen LogP contribution in [0.25, 0.3) is 11.3 Å². The molecule has 106 valence electrons. The van der Waals surface area contributed by atoms with Crippen LogP contribution < -0.4 is 4.74 Å². The summed E-state index contributed by atoms with van der Waals surface area (Å²) in [5.74, 6) is 1.49. The van der Waals surface area contributed by atoms with E-state index in [0.717, 1.165) is 17.1 Å². The number of benzene rings is 1. The Hall–Kier alpha value is -1.39. The van der Waals surface area contributed by atoms with Crippen LogP contribution in [0.5, 0.6) is 5.75 Å². The average molecular weight is 309 g/mol. The maximum atomic E-state index is 6.05. The van der Waals surface area contributed by atoms with Gasteiger partial charge in [-0.2, -0.15) is 0 Å². The Bertz CT molecular complexity index is 689. The number of aromatic amines is 1. The molecule has 0 radical (unpaired) electrons. The van der Waals surface area contributed by atoms with E-state index >= 15 is 0 Å². The number of nitrogens with zero attached hydrogens (tertiary/aromatic N) is 1. The van der Waals surface area contributed by atoms with E-state index in [2.05, 4.69) is 30.7 Å². The molecule has 0 spiro atoms. The van der Waals surface area contributed by atoms with Crippen LogP contribution in [0, 0.1) is 4.64 Å². The van der Waals surface area contributed by atoms with E-state index in [1.54, 1.807) is 7.11 Å². The largest absolute Gasteiger partial charge is 0.495 e. The van der Waals surface area contributed by atoms with Crippen molar-refractivity contribution in [3.05, 3.63) is 39.8 Å². The first-order valence-corrected chi connectivity index (χ1v) is 7.05. The Morgan fingerprint density at radius 3 is 2.55 bits per heavy atom. The molecular formula is C15H17ClN2OS. The molecule has 5 heteroatoms. The van der Waals surface area contributed by atoms with Crippen molar-refractivity contribution < 1.29 is 4.74 Å². The van der Waals surface area contributed by atoms with Gasteiger partial charge in [-0.3, -0.25) is 0 Å². The Balaban J connectivity index is 2.58. The topological polar surface area (TPSA) is 37.9 Å². The number of hydrogen-bond acceptors (Lipinski definition) is 3. The quantitative estimate of drug-likeness (QED) is 0.812. The minimum absolute atomic E-state index is 0.0971. The third-order valence-corrected chi connectivity index (χ3v) is 3.44. The number of nitrogens with one attached hydrogen (secondary N) is 1. The van der Waals surface area contributed by atoms with E-state index in [-0.39, 0.29) is 5.41 Å². The molecule has 0 aliphatic heterocycles. The van der Waals surface area contributed by atoms with Crippen LogP contribution in [0.2, 0.25) is 5.02 Å². The molecule has 0 bridgehead atoms. The van der Waals surface area contributed by atoms with Crippen molar-refractivity contribution in [1.82, 2.24) is 9.97 Å². The second-order valence-electron chi connectivity index (χ2n) is 5.58. The number of methoxy groups -OCH3 is 1. The van der Waals surface area contributed by atoms with E-state index in [4.69, 9.17) is 28.6 Å². The highest BCUT2D eigenvalue weighted by molar-refractivity contribution is 7.71. The summed E-state index contributed by atoms with van der Waals surface area (Å²) in [5.41, 5.74) is 1.77. The molecule has 1 aromatic heterocycles. The maximum Gasteiger partial charge on any atom is 0.138 e. The lowest BCUT2D eigenvalue weighted by Gasteiger charge is -2.18. The van der Waals surface area contributed by atoms with Gasteiger partial charge in [0.15, 0.2) is 0 Å². The number of ether oxygens (including phenoxy) is 1. The minimum atomic E-state index is -0.0971.